The number of rotatable bonds is 4. The smallest absolute Gasteiger partial charge is 0.201 e. The number of fused-ring (bicyclic) bond motifs is 1. The highest BCUT2D eigenvalue weighted by molar-refractivity contribution is 5.89. The number of nitrogens with zero attached hydrogens (tertiary/aromatic N) is 1. The van der Waals surface area contributed by atoms with Gasteiger partial charge in [0.1, 0.15) is 7.05 Å². The molecular formula is C36H42N+. The van der Waals surface area contributed by atoms with Crippen molar-refractivity contribution in [1.82, 2.24) is 0 Å². The number of aromatic nitrogens is 1. The number of hydrogen-bond acceptors (Lipinski definition) is 0. The molecule has 0 aliphatic heterocycles. The summed E-state index contributed by atoms with van der Waals surface area (Å²) in [5.74, 6) is 1.20. The zero-order chi connectivity index (χ0) is 25.6. The minimum atomic E-state index is 0.458. The molecule has 3 aromatic carbocycles. The normalized spacial score (nSPS) is 17.8. The minimum Gasteiger partial charge on any atom is -0.201 e. The van der Waals surface area contributed by atoms with Gasteiger partial charge >= 0.3 is 0 Å². The Morgan fingerprint density at radius 1 is 0.784 bits per heavy atom. The first-order valence-electron chi connectivity index (χ1n) is 14.6. The predicted molar refractivity (Wildman–Crippen MR) is 157 cm³/mol. The summed E-state index contributed by atoms with van der Waals surface area (Å²) in [6.07, 6.45) is 13.9. The highest BCUT2D eigenvalue weighted by Gasteiger charge is 2.37. The number of benzene rings is 3. The third-order valence-corrected chi connectivity index (χ3v) is 9.70. The summed E-state index contributed by atoms with van der Waals surface area (Å²) in [4.78, 5) is 0. The average Bonchev–Trinajstić information content (AvgIpc) is 3.36. The first-order chi connectivity index (χ1) is 17.9. The van der Waals surface area contributed by atoms with Crippen LogP contribution in [0.1, 0.15) is 93.7 Å². The second kappa shape index (κ2) is 9.75. The Kier molecular flexibility index (Phi) is 6.43. The second-order valence-electron chi connectivity index (χ2n) is 12.4. The van der Waals surface area contributed by atoms with Gasteiger partial charge in [-0.15, -0.1) is 0 Å². The van der Waals surface area contributed by atoms with Gasteiger partial charge in [-0.05, 0) is 108 Å². The van der Waals surface area contributed by atoms with Gasteiger partial charge in [-0.2, -0.15) is 0 Å². The summed E-state index contributed by atoms with van der Waals surface area (Å²) in [7, 11) is 2.18. The third kappa shape index (κ3) is 4.63. The van der Waals surface area contributed by atoms with Gasteiger partial charge in [0, 0.05) is 17.2 Å². The predicted octanol–water partition coefficient (Wildman–Crippen LogP) is 9.65. The summed E-state index contributed by atoms with van der Waals surface area (Å²) in [5.41, 5.74) is 10.2. The lowest BCUT2D eigenvalue weighted by molar-refractivity contribution is -0.660. The maximum absolute atomic E-state index is 2.49. The monoisotopic (exact) mass is 488 g/mol. The zero-order valence-corrected chi connectivity index (χ0v) is 23.2. The van der Waals surface area contributed by atoms with Crippen LogP contribution in [0, 0.1) is 12.3 Å². The van der Waals surface area contributed by atoms with E-state index in [9.17, 15) is 0 Å². The minimum absolute atomic E-state index is 0.458. The van der Waals surface area contributed by atoms with E-state index in [1.54, 1.807) is 5.56 Å². The molecule has 1 spiro atoms. The molecule has 1 aromatic heterocycles. The van der Waals surface area contributed by atoms with Crippen LogP contribution in [0.2, 0.25) is 0 Å². The zero-order valence-electron chi connectivity index (χ0n) is 23.2. The van der Waals surface area contributed by atoms with Crippen molar-refractivity contribution in [2.75, 3.05) is 0 Å². The maximum Gasteiger partial charge on any atom is 0.213 e. The van der Waals surface area contributed by atoms with E-state index in [-0.39, 0.29) is 0 Å². The van der Waals surface area contributed by atoms with Gasteiger partial charge in [-0.3, -0.25) is 0 Å². The number of pyridine rings is 1. The van der Waals surface area contributed by atoms with Crippen LogP contribution in [0.4, 0.5) is 0 Å². The first-order valence-corrected chi connectivity index (χ1v) is 14.6. The molecule has 0 atom stereocenters. The first kappa shape index (κ1) is 24.4. The van der Waals surface area contributed by atoms with Crippen molar-refractivity contribution in [3.63, 3.8) is 0 Å². The Bertz CT molecular complexity index is 1430. The summed E-state index contributed by atoms with van der Waals surface area (Å²) in [6, 6.07) is 25.6. The SMILES string of the molecule is Cc1ccccc1-c1cc(-c2ccc3cc(C4CCC5(CCCC5)CC4)ccc3c2)c(C(C)C)c[n+]1C. The van der Waals surface area contributed by atoms with Crippen LogP contribution in [0.3, 0.4) is 0 Å². The van der Waals surface area contributed by atoms with Crippen LogP contribution in [-0.2, 0) is 7.05 Å². The molecule has 1 heterocycles. The Labute approximate surface area is 223 Å². The quantitative estimate of drug-likeness (QED) is 0.252. The van der Waals surface area contributed by atoms with E-state index >= 15 is 0 Å². The van der Waals surface area contributed by atoms with E-state index in [4.69, 9.17) is 0 Å². The lowest BCUT2D eigenvalue weighted by Gasteiger charge is -2.37. The lowest BCUT2D eigenvalue weighted by atomic mass is 9.68. The lowest BCUT2D eigenvalue weighted by Crippen LogP contribution is -2.32. The van der Waals surface area contributed by atoms with E-state index in [0.29, 0.717) is 11.3 Å². The van der Waals surface area contributed by atoms with E-state index in [2.05, 4.69) is 105 Å². The van der Waals surface area contributed by atoms with Crippen molar-refractivity contribution in [2.24, 2.45) is 12.5 Å². The molecule has 2 fully saturated rings. The van der Waals surface area contributed by atoms with Gasteiger partial charge in [0.2, 0.25) is 5.69 Å². The Balaban J connectivity index is 1.34. The van der Waals surface area contributed by atoms with Crippen molar-refractivity contribution in [3.8, 4) is 22.4 Å². The fourth-order valence-corrected chi connectivity index (χ4v) is 7.38. The van der Waals surface area contributed by atoms with Crippen LogP contribution >= 0.6 is 0 Å². The van der Waals surface area contributed by atoms with Gasteiger partial charge in [-0.1, -0.05) is 75.2 Å². The van der Waals surface area contributed by atoms with Gasteiger partial charge in [-0.25, -0.2) is 4.57 Å². The van der Waals surface area contributed by atoms with E-state index in [1.165, 1.54) is 95.7 Å². The molecule has 0 unspecified atom stereocenters. The third-order valence-electron chi connectivity index (χ3n) is 9.70. The topological polar surface area (TPSA) is 3.88 Å². The molecule has 1 nitrogen and oxygen atoms in total. The van der Waals surface area contributed by atoms with Crippen LogP contribution < -0.4 is 4.57 Å². The standard InChI is InChI=1S/C36H42N/c1-25(2)34-24-37(4)35(32-10-6-5-9-26(32)3)23-33(34)31-14-13-29-21-28(11-12-30(29)22-31)27-15-19-36(20-16-27)17-7-8-18-36/h5-6,9-14,21-25,27H,7-8,15-20H2,1-4H3/q+1. The molecule has 0 bridgehead atoms. The number of hydrogen-bond donors (Lipinski definition) is 0. The highest BCUT2D eigenvalue weighted by Crippen LogP contribution is 2.52. The molecule has 0 saturated heterocycles. The van der Waals surface area contributed by atoms with Crippen molar-refractivity contribution in [1.29, 1.82) is 0 Å². The Morgan fingerprint density at radius 2 is 1.49 bits per heavy atom. The van der Waals surface area contributed by atoms with Crippen LogP contribution in [0.15, 0.2) is 72.9 Å². The molecule has 0 amide bonds. The fraction of sp³-hybridized carbons (Fsp3) is 0.417. The molecule has 2 aliphatic carbocycles. The Morgan fingerprint density at radius 3 is 2.22 bits per heavy atom. The fourth-order valence-electron chi connectivity index (χ4n) is 7.38. The molecule has 1 heteroatoms. The summed E-state index contributed by atoms with van der Waals surface area (Å²) >= 11 is 0. The van der Waals surface area contributed by atoms with Gasteiger partial charge < -0.3 is 0 Å². The number of aryl methyl sites for hydroxylation is 2. The molecule has 4 aromatic rings. The second-order valence-corrected chi connectivity index (χ2v) is 12.4. The molecule has 0 radical (unpaired) electrons. The summed E-state index contributed by atoms with van der Waals surface area (Å²) in [5, 5.41) is 2.74. The van der Waals surface area contributed by atoms with E-state index < -0.39 is 0 Å². The van der Waals surface area contributed by atoms with Crippen molar-refractivity contribution < 1.29 is 4.57 Å². The molecule has 6 rings (SSSR count). The van der Waals surface area contributed by atoms with Crippen molar-refractivity contribution >= 4 is 10.8 Å². The molecule has 2 saturated carbocycles. The average molecular weight is 489 g/mol. The molecule has 2 aliphatic rings. The van der Waals surface area contributed by atoms with Crippen LogP contribution in [0.5, 0.6) is 0 Å². The van der Waals surface area contributed by atoms with Crippen LogP contribution in [-0.4, -0.2) is 0 Å². The van der Waals surface area contributed by atoms with E-state index in [1.807, 2.05) is 0 Å². The van der Waals surface area contributed by atoms with Crippen LogP contribution in [0.25, 0.3) is 33.2 Å². The van der Waals surface area contributed by atoms with Gasteiger partial charge in [0.05, 0.1) is 0 Å². The summed E-state index contributed by atoms with van der Waals surface area (Å²) < 4.78 is 2.30. The summed E-state index contributed by atoms with van der Waals surface area (Å²) in [6.45, 7) is 6.82. The molecular weight excluding hydrogens is 446 g/mol. The van der Waals surface area contributed by atoms with Gasteiger partial charge in [0.25, 0.3) is 0 Å². The van der Waals surface area contributed by atoms with Gasteiger partial charge in [0.15, 0.2) is 6.20 Å². The molecule has 0 N–H and O–H groups in total. The Hall–Kier alpha value is -2.93. The van der Waals surface area contributed by atoms with Crippen molar-refractivity contribution in [2.45, 2.75) is 84.0 Å². The van der Waals surface area contributed by atoms with E-state index in [0.717, 1.165) is 5.92 Å². The molecule has 37 heavy (non-hydrogen) atoms. The molecule has 190 valence electrons. The van der Waals surface area contributed by atoms with Crippen molar-refractivity contribution in [3.05, 3.63) is 89.6 Å². The highest BCUT2D eigenvalue weighted by atomic mass is 14.9. The maximum atomic E-state index is 2.49. The largest absolute Gasteiger partial charge is 0.213 e.